The minimum atomic E-state index is -0.872. The van der Waals surface area contributed by atoms with Crippen LogP contribution < -0.4 is 16.6 Å². The minimum absolute atomic E-state index is 0.00110. The van der Waals surface area contributed by atoms with Gasteiger partial charge in [0.15, 0.2) is 0 Å². The summed E-state index contributed by atoms with van der Waals surface area (Å²) in [5.41, 5.74) is 8.69. The Kier molecular flexibility index (Phi) is 6.19. The van der Waals surface area contributed by atoms with E-state index in [0.29, 0.717) is 12.5 Å². The average Bonchev–Trinajstić information content (AvgIpc) is 3.65. The van der Waals surface area contributed by atoms with Crippen molar-refractivity contribution in [1.82, 2.24) is 15.2 Å². The van der Waals surface area contributed by atoms with Crippen LogP contribution in [0.5, 0.6) is 5.75 Å². The van der Waals surface area contributed by atoms with Crippen LogP contribution in [0.3, 0.4) is 0 Å². The van der Waals surface area contributed by atoms with Gasteiger partial charge < -0.3 is 26.0 Å². The molecular formula is C28H36N4O4. The molecule has 36 heavy (non-hydrogen) atoms. The van der Waals surface area contributed by atoms with Crippen molar-refractivity contribution in [2.45, 2.75) is 70.4 Å². The molecule has 5 N–H and O–H groups in total. The van der Waals surface area contributed by atoms with E-state index >= 15 is 0 Å². The number of H-pyrrole nitrogens is 1. The van der Waals surface area contributed by atoms with Crippen LogP contribution in [0, 0.1) is 18.8 Å². The summed E-state index contributed by atoms with van der Waals surface area (Å²) in [7, 11) is 0. The largest absolute Gasteiger partial charge is 0.508 e. The fourth-order valence-electron chi connectivity index (χ4n) is 6.52. The zero-order valence-electron chi connectivity index (χ0n) is 21.3. The molecule has 1 aromatic carbocycles. The molecule has 2 aromatic rings. The maximum absolute atomic E-state index is 13.0. The first-order chi connectivity index (χ1) is 17.1. The van der Waals surface area contributed by atoms with Gasteiger partial charge in [0.05, 0.1) is 0 Å². The van der Waals surface area contributed by atoms with Gasteiger partial charge in [-0.15, -0.1) is 0 Å². The number of hydrogen-bond acceptors (Lipinski definition) is 5. The summed E-state index contributed by atoms with van der Waals surface area (Å²) in [5.74, 6) is 0.0436. The molecule has 3 aliphatic rings. The molecule has 8 heteroatoms. The van der Waals surface area contributed by atoms with Gasteiger partial charge in [0.25, 0.3) is 11.5 Å². The fraction of sp³-hybridized carbons (Fsp3) is 0.536. The van der Waals surface area contributed by atoms with E-state index in [1.54, 1.807) is 12.1 Å². The second kappa shape index (κ2) is 9.07. The van der Waals surface area contributed by atoms with Crippen molar-refractivity contribution in [3.05, 3.63) is 62.6 Å². The maximum Gasteiger partial charge on any atom is 0.261 e. The third-order valence-corrected chi connectivity index (χ3v) is 8.83. The number of hydrogen-bond donors (Lipinski definition) is 4. The van der Waals surface area contributed by atoms with Crippen molar-refractivity contribution < 1.29 is 14.7 Å². The zero-order valence-corrected chi connectivity index (χ0v) is 21.3. The maximum atomic E-state index is 13.0. The van der Waals surface area contributed by atoms with Crippen molar-refractivity contribution in [2.24, 2.45) is 17.6 Å². The molecule has 2 unspecified atom stereocenters. The second-order valence-electron chi connectivity index (χ2n) is 11.2. The molecule has 0 radical (unpaired) electrons. The first-order valence-corrected chi connectivity index (χ1v) is 13.0. The Bertz CT molecular complexity index is 1270. The number of benzene rings is 1. The van der Waals surface area contributed by atoms with E-state index in [4.69, 9.17) is 5.73 Å². The second-order valence-corrected chi connectivity index (χ2v) is 11.2. The number of carbonyl (C=O) groups excluding carboxylic acids is 2. The summed E-state index contributed by atoms with van der Waals surface area (Å²) in [6.45, 7) is 7.99. The Morgan fingerprint density at radius 3 is 2.75 bits per heavy atom. The standard InChI is InChI=1S/C28H36N4O4/c1-15-4-7-20(33)12-22(15)28-8-9-32(14-18-5-6-18)17(3)23(28)11-19-10-21(27(36)31-24(19)13-28)26(35)30-16(2)25(29)34/h4,7,10,12,16-18,23,33H,5-6,8-9,11,13-14H2,1-3H3,(H2,29,34)(H,30,35)(H,31,36)/t16-,17+,23?,28?/m0/s1. The van der Waals surface area contributed by atoms with Crippen LogP contribution in [-0.4, -0.2) is 52.0 Å². The molecule has 1 aliphatic heterocycles. The van der Waals surface area contributed by atoms with E-state index in [1.807, 2.05) is 12.1 Å². The lowest BCUT2D eigenvalue weighted by Gasteiger charge is -2.55. The highest BCUT2D eigenvalue weighted by atomic mass is 16.3. The summed E-state index contributed by atoms with van der Waals surface area (Å²) in [6.07, 6.45) is 4.91. The molecule has 8 nitrogen and oxygen atoms in total. The van der Waals surface area contributed by atoms with Crippen LogP contribution in [0.15, 0.2) is 29.1 Å². The van der Waals surface area contributed by atoms with E-state index in [9.17, 15) is 19.5 Å². The number of likely N-dealkylation sites (tertiary alicyclic amines) is 1. The van der Waals surface area contributed by atoms with Crippen molar-refractivity contribution in [1.29, 1.82) is 0 Å². The number of piperidine rings is 1. The van der Waals surface area contributed by atoms with E-state index in [0.717, 1.165) is 54.2 Å². The lowest BCUT2D eigenvalue weighted by Crippen LogP contribution is -2.59. The molecule has 2 amide bonds. The van der Waals surface area contributed by atoms with Crippen molar-refractivity contribution in [3.63, 3.8) is 0 Å². The number of aryl methyl sites for hydroxylation is 1. The molecule has 1 saturated carbocycles. The first-order valence-electron chi connectivity index (χ1n) is 13.0. The Morgan fingerprint density at radius 2 is 2.06 bits per heavy atom. The summed E-state index contributed by atoms with van der Waals surface area (Å²) < 4.78 is 0. The van der Waals surface area contributed by atoms with Crippen LogP contribution >= 0.6 is 0 Å². The number of aromatic nitrogens is 1. The zero-order chi connectivity index (χ0) is 25.8. The Labute approximate surface area is 211 Å². The quantitative estimate of drug-likeness (QED) is 0.491. The van der Waals surface area contributed by atoms with Crippen LogP contribution in [0.1, 0.15) is 65.9 Å². The number of rotatable bonds is 6. The SMILES string of the molecule is Cc1ccc(O)cc1C12CCN(CC3CC3)[C@H](C)C1Cc1cc(C(=O)N[C@@H](C)C(N)=O)c(=O)[nH]c1C2. The van der Waals surface area contributed by atoms with Crippen molar-refractivity contribution in [2.75, 3.05) is 13.1 Å². The predicted molar refractivity (Wildman–Crippen MR) is 137 cm³/mol. The Balaban J connectivity index is 1.56. The topological polar surface area (TPSA) is 129 Å². The molecule has 4 atom stereocenters. The highest BCUT2D eigenvalue weighted by Gasteiger charge is 2.51. The number of amides is 2. The number of nitrogens with zero attached hydrogens (tertiary/aromatic N) is 1. The summed E-state index contributed by atoms with van der Waals surface area (Å²) in [5, 5.41) is 12.9. The van der Waals surface area contributed by atoms with Gasteiger partial charge in [0.2, 0.25) is 5.91 Å². The van der Waals surface area contributed by atoms with Crippen molar-refractivity contribution in [3.8, 4) is 5.75 Å². The highest BCUT2D eigenvalue weighted by Crippen LogP contribution is 2.51. The van der Waals surface area contributed by atoms with Gasteiger partial charge in [-0.2, -0.15) is 0 Å². The number of nitrogens with two attached hydrogens (primary N) is 1. The summed E-state index contributed by atoms with van der Waals surface area (Å²) in [6, 6.07) is 6.75. The van der Waals surface area contributed by atoms with Gasteiger partial charge in [0.1, 0.15) is 17.4 Å². The summed E-state index contributed by atoms with van der Waals surface area (Å²) >= 11 is 0. The van der Waals surface area contributed by atoms with E-state index in [2.05, 4.69) is 29.0 Å². The fourth-order valence-corrected chi connectivity index (χ4v) is 6.52. The van der Waals surface area contributed by atoms with E-state index in [1.165, 1.54) is 19.8 Å². The number of aromatic amines is 1. The molecule has 2 aliphatic carbocycles. The number of fused-ring (bicyclic) bond motifs is 2. The van der Waals surface area contributed by atoms with Gasteiger partial charge >= 0.3 is 0 Å². The van der Waals surface area contributed by atoms with Gasteiger partial charge in [-0.1, -0.05) is 6.07 Å². The molecule has 5 rings (SSSR count). The first kappa shape index (κ1) is 24.6. The molecule has 2 fully saturated rings. The van der Waals surface area contributed by atoms with Gasteiger partial charge in [-0.3, -0.25) is 14.4 Å². The van der Waals surface area contributed by atoms with Crippen LogP contribution in [0.2, 0.25) is 0 Å². The number of nitrogens with one attached hydrogen (secondary N) is 2. The van der Waals surface area contributed by atoms with Gasteiger partial charge in [-0.25, -0.2) is 0 Å². The van der Waals surface area contributed by atoms with Crippen LogP contribution in [0.25, 0.3) is 0 Å². The van der Waals surface area contributed by atoms with Crippen LogP contribution in [0.4, 0.5) is 0 Å². The molecule has 2 heterocycles. The number of pyridine rings is 1. The summed E-state index contributed by atoms with van der Waals surface area (Å²) in [4.78, 5) is 42.8. The molecule has 1 saturated heterocycles. The number of primary amides is 1. The van der Waals surface area contributed by atoms with Gasteiger partial charge in [-0.05, 0) is 106 Å². The van der Waals surface area contributed by atoms with E-state index in [-0.39, 0.29) is 22.6 Å². The monoisotopic (exact) mass is 492 g/mol. The molecular weight excluding hydrogens is 456 g/mol. The molecule has 192 valence electrons. The smallest absolute Gasteiger partial charge is 0.261 e. The minimum Gasteiger partial charge on any atom is -0.508 e. The third kappa shape index (κ3) is 4.32. The van der Waals surface area contributed by atoms with Crippen LogP contribution in [-0.2, 0) is 23.1 Å². The average molecular weight is 493 g/mol. The highest BCUT2D eigenvalue weighted by molar-refractivity contribution is 5.97. The number of phenolic OH excluding ortho intramolecular Hbond substituents is 1. The number of phenols is 1. The normalized spacial score (nSPS) is 26.5. The van der Waals surface area contributed by atoms with E-state index < -0.39 is 23.4 Å². The van der Waals surface area contributed by atoms with Crippen molar-refractivity contribution >= 4 is 11.8 Å². The molecule has 0 spiro atoms. The van der Waals surface area contributed by atoms with Gasteiger partial charge in [0, 0.05) is 23.7 Å². The number of aromatic hydroxyl groups is 1. The molecule has 0 bridgehead atoms. The predicted octanol–water partition coefficient (Wildman–Crippen LogP) is 2.15. The lowest BCUT2D eigenvalue weighted by atomic mass is 9.55. The Hall–Kier alpha value is -3.13. The third-order valence-electron chi connectivity index (χ3n) is 8.83. The lowest BCUT2D eigenvalue weighted by molar-refractivity contribution is -0.119. The Morgan fingerprint density at radius 1 is 1.31 bits per heavy atom. The molecule has 1 aromatic heterocycles. The number of carbonyl (C=O) groups is 2.